The minimum Gasteiger partial charge on any atom is -0.322 e. The molecule has 9 heteroatoms. The zero-order valence-corrected chi connectivity index (χ0v) is 17.5. The number of rotatable bonds is 6. The fraction of sp³-hybridized carbons (Fsp3) is 0.304. The molecule has 1 unspecified atom stereocenters. The highest BCUT2D eigenvalue weighted by molar-refractivity contribution is 6.30. The van der Waals surface area contributed by atoms with Gasteiger partial charge in [0.15, 0.2) is 0 Å². The number of piperidine rings is 1. The van der Waals surface area contributed by atoms with Crippen molar-refractivity contribution in [2.75, 3.05) is 0 Å². The van der Waals surface area contributed by atoms with E-state index in [1.165, 1.54) is 23.1 Å². The first-order valence-electron chi connectivity index (χ1n) is 10.9. The molecule has 0 spiro atoms. The fourth-order valence-corrected chi connectivity index (χ4v) is 3.95. The van der Waals surface area contributed by atoms with Crippen molar-refractivity contribution in [3.8, 4) is 0 Å². The van der Waals surface area contributed by atoms with Crippen molar-refractivity contribution < 1.29 is 30.7 Å². The minimum absolute atomic E-state index is 0.0666. The average molecular weight is 463 g/mol. The maximum atomic E-state index is 14.6. The van der Waals surface area contributed by atoms with Crippen LogP contribution in [0.5, 0.6) is 0 Å². The number of ketones is 1. The Bertz CT molecular complexity index is 1220. The summed E-state index contributed by atoms with van der Waals surface area (Å²) in [6, 6.07) is 4.60. The van der Waals surface area contributed by atoms with Crippen molar-refractivity contribution in [2.45, 2.75) is 44.2 Å². The largest absolute Gasteiger partial charge is 0.330 e. The highest BCUT2D eigenvalue weighted by Crippen LogP contribution is 2.32. The molecule has 0 aromatic heterocycles. The Hall–Kier alpha value is -3.13. The number of nitrogens with one attached hydrogen (secondary N) is 1. The van der Waals surface area contributed by atoms with E-state index in [-0.39, 0.29) is 59.6 Å². The number of hydrogen-bond donors (Lipinski definition) is 1. The molecule has 4 rings (SSSR count). The summed E-state index contributed by atoms with van der Waals surface area (Å²) >= 11 is 5.71. The third-order valence-electron chi connectivity index (χ3n) is 5.58. The SMILES string of the molecule is [2H]c1cc2c(c([2H])c1CCC(=O)C(F)(F)c1ccc(Cl)cc1)CN(C1CCC(=O)NC1=O)C2=O. The number of amides is 3. The molecule has 1 saturated heterocycles. The third-order valence-corrected chi connectivity index (χ3v) is 5.83. The molecule has 1 N–H and O–H groups in total. The number of alkyl halides is 2. The topological polar surface area (TPSA) is 83.6 Å². The number of hydrogen-bond acceptors (Lipinski definition) is 4. The summed E-state index contributed by atoms with van der Waals surface area (Å²) in [5.41, 5.74) is -0.0886. The second kappa shape index (κ2) is 8.43. The monoisotopic (exact) mass is 462 g/mol. The normalized spacial score (nSPS) is 19.4. The van der Waals surface area contributed by atoms with Gasteiger partial charge in [-0.15, -0.1) is 0 Å². The first-order chi connectivity index (χ1) is 16.0. The summed E-state index contributed by atoms with van der Waals surface area (Å²) in [5.74, 6) is -6.70. The molecular weight excluding hydrogens is 442 g/mol. The number of imide groups is 1. The summed E-state index contributed by atoms with van der Waals surface area (Å²) in [6.45, 7) is -0.0819. The Labute approximate surface area is 190 Å². The van der Waals surface area contributed by atoms with Crippen LogP contribution in [0.25, 0.3) is 0 Å². The van der Waals surface area contributed by atoms with Crippen LogP contribution in [0.2, 0.25) is 5.02 Å². The number of halogens is 3. The first kappa shape index (κ1) is 19.5. The molecule has 2 heterocycles. The molecule has 0 bridgehead atoms. The van der Waals surface area contributed by atoms with Crippen LogP contribution in [0.1, 0.15) is 49.1 Å². The summed E-state index contributed by atoms with van der Waals surface area (Å²) in [5, 5.41) is 2.44. The standard InChI is InChI=1S/C23H19ClF2N2O4/c24-16-5-3-15(4-6-16)23(25,26)19(29)9-2-13-1-7-17-14(11-13)12-28(22(17)32)18-8-10-20(30)27-21(18)31/h1,3-7,11,18H,2,8-10,12H2,(H,27,30,31)/i1D,11D. The van der Waals surface area contributed by atoms with Crippen LogP contribution in [-0.4, -0.2) is 34.4 Å². The van der Waals surface area contributed by atoms with Crippen LogP contribution in [0.3, 0.4) is 0 Å². The number of carbonyl (C=O) groups is 4. The van der Waals surface area contributed by atoms with Gasteiger partial charge in [-0.3, -0.25) is 24.5 Å². The number of benzene rings is 2. The van der Waals surface area contributed by atoms with E-state index in [2.05, 4.69) is 5.32 Å². The van der Waals surface area contributed by atoms with E-state index in [1.54, 1.807) is 0 Å². The van der Waals surface area contributed by atoms with Crippen molar-refractivity contribution in [1.29, 1.82) is 0 Å². The van der Waals surface area contributed by atoms with Gasteiger partial charge in [0.1, 0.15) is 6.04 Å². The molecule has 166 valence electrons. The lowest BCUT2D eigenvalue weighted by Gasteiger charge is -2.29. The van der Waals surface area contributed by atoms with Crippen LogP contribution in [0.4, 0.5) is 8.78 Å². The number of carbonyl (C=O) groups excluding carboxylic acids is 4. The molecule has 1 fully saturated rings. The summed E-state index contributed by atoms with van der Waals surface area (Å²) < 4.78 is 45.8. The summed E-state index contributed by atoms with van der Waals surface area (Å²) in [7, 11) is 0. The zero-order valence-electron chi connectivity index (χ0n) is 18.7. The Morgan fingerprint density at radius 2 is 1.94 bits per heavy atom. The number of fused-ring (bicyclic) bond motifs is 1. The van der Waals surface area contributed by atoms with Crippen LogP contribution >= 0.6 is 11.6 Å². The molecular formula is C23H19ClF2N2O4. The molecule has 0 aliphatic carbocycles. The maximum Gasteiger partial charge on any atom is 0.330 e. The quantitative estimate of drug-likeness (QED) is 0.667. The van der Waals surface area contributed by atoms with Gasteiger partial charge in [-0.25, -0.2) is 0 Å². The lowest BCUT2D eigenvalue weighted by atomic mass is 9.97. The molecule has 0 radical (unpaired) electrons. The Morgan fingerprint density at radius 3 is 2.62 bits per heavy atom. The molecule has 6 nitrogen and oxygen atoms in total. The smallest absolute Gasteiger partial charge is 0.322 e. The van der Waals surface area contributed by atoms with E-state index in [1.807, 2.05) is 0 Å². The van der Waals surface area contributed by atoms with E-state index >= 15 is 0 Å². The summed E-state index contributed by atoms with van der Waals surface area (Å²) in [6.07, 6.45) is -0.674. The van der Waals surface area contributed by atoms with Gasteiger partial charge in [0.25, 0.3) is 5.91 Å². The van der Waals surface area contributed by atoms with Crippen molar-refractivity contribution in [3.63, 3.8) is 0 Å². The van der Waals surface area contributed by atoms with Gasteiger partial charge in [0.2, 0.25) is 17.6 Å². The maximum absolute atomic E-state index is 14.6. The van der Waals surface area contributed by atoms with Crippen LogP contribution in [0, 0.1) is 0 Å². The van der Waals surface area contributed by atoms with Gasteiger partial charge in [0.05, 0.1) is 2.74 Å². The van der Waals surface area contributed by atoms with Crippen molar-refractivity contribution in [3.05, 3.63) is 69.7 Å². The molecule has 2 aliphatic heterocycles. The molecule has 32 heavy (non-hydrogen) atoms. The van der Waals surface area contributed by atoms with E-state index in [0.29, 0.717) is 0 Å². The predicted molar refractivity (Wildman–Crippen MR) is 111 cm³/mol. The Kier molecular flexibility index (Phi) is 5.15. The van der Waals surface area contributed by atoms with Crippen molar-refractivity contribution >= 4 is 35.1 Å². The second-order valence-electron chi connectivity index (χ2n) is 7.69. The van der Waals surface area contributed by atoms with Gasteiger partial charge in [-0.2, -0.15) is 8.78 Å². The number of nitrogens with zero attached hydrogens (tertiary/aromatic N) is 1. The van der Waals surface area contributed by atoms with Crippen LogP contribution < -0.4 is 5.32 Å². The first-order valence-corrected chi connectivity index (χ1v) is 10.3. The highest BCUT2D eigenvalue weighted by atomic mass is 35.5. The van der Waals surface area contributed by atoms with Gasteiger partial charge in [0, 0.05) is 35.5 Å². The molecule has 1 atom stereocenters. The Balaban J connectivity index is 1.53. The lowest BCUT2D eigenvalue weighted by Crippen LogP contribution is -2.52. The fourth-order valence-electron chi connectivity index (χ4n) is 3.83. The predicted octanol–water partition coefficient (Wildman–Crippen LogP) is 3.39. The van der Waals surface area contributed by atoms with Gasteiger partial charge in [-0.05, 0) is 42.2 Å². The van der Waals surface area contributed by atoms with E-state index < -0.39 is 47.5 Å². The third kappa shape index (κ3) is 4.14. The highest BCUT2D eigenvalue weighted by Gasteiger charge is 2.41. The van der Waals surface area contributed by atoms with Gasteiger partial charge in [-0.1, -0.05) is 35.8 Å². The minimum atomic E-state index is -3.76. The van der Waals surface area contributed by atoms with Crippen LogP contribution in [-0.2, 0) is 33.3 Å². The number of Topliss-reactive ketones (excluding diaryl/α,β-unsaturated/α-hetero) is 1. The van der Waals surface area contributed by atoms with E-state index in [4.69, 9.17) is 14.3 Å². The Morgan fingerprint density at radius 1 is 1.22 bits per heavy atom. The second-order valence-corrected chi connectivity index (χ2v) is 8.13. The molecule has 3 amide bonds. The van der Waals surface area contributed by atoms with E-state index in [0.717, 1.165) is 12.1 Å². The molecule has 2 aliphatic rings. The van der Waals surface area contributed by atoms with Gasteiger partial charge >= 0.3 is 5.92 Å². The lowest BCUT2D eigenvalue weighted by molar-refractivity contribution is -0.144. The molecule has 0 saturated carbocycles. The molecule has 2 aromatic carbocycles. The van der Waals surface area contributed by atoms with Crippen molar-refractivity contribution in [1.82, 2.24) is 10.2 Å². The average Bonchev–Trinajstić information content (AvgIpc) is 3.10. The zero-order chi connectivity index (χ0) is 24.8. The van der Waals surface area contributed by atoms with Crippen molar-refractivity contribution in [2.24, 2.45) is 0 Å². The summed E-state index contributed by atoms with van der Waals surface area (Å²) in [4.78, 5) is 50.0. The molecule has 2 aromatic rings. The van der Waals surface area contributed by atoms with Gasteiger partial charge < -0.3 is 4.90 Å². The van der Waals surface area contributed by atoms with E-state index in [9.17, 15) is 28.0 Å². The van der Waals surface area contributed by atoms with Crippen LogP contribution in [0.15, 0.2) is 42.4 Å².